The number of hydrogen-bond donors (Lipinski definition) is 4. The lowest BCUT2D eigenvalue weighted by Crippen LogP contribution is -1.98. The van der Waals surface area contributed by atoms with Crippen LogP contribution in [0.5, 0.6) is 46.0 Å². The zero-order chi connectivity index (χ0) is 26.5. The van der Waals surface area contributed by atoms with Crippen molar-refractivity contribution in [3.05, 3.63) is 109 Å². The van der Waals surface area contributed by atoms with Gasteiger partial charge >= 0.3 is 0 Å². The zero-order valence-corrected chi connectivity index (χ0v) is 20.3. The predicted octanol–water partition coefficient (Wildman–Crippen LogP) is 7.18. The Labute approximate surface area is 219 Å². The Morgan fingerprint density at radius 2 is 0.526 bits per heavy atom. The van der Waals surface area contributed by atoms with Crippen molar-refractivity contribution in [1.82, 2.24) is 0 Å². The van der Waals surface area contributed by atoms with E-state index < -0.39 is 0 Å². The number of anilines is 4. The van der Waals surface area contributed by atoms with Crippen LogP contribution in [-0.4, -0.2) is 0 Å². The van der Waals surface area contributed by atoms with Gasteiger partial charge in [0.2, 0.25) is 11.5 Å². The first-order valence-electron chi connectivity index (χ1n) is 11.7. The Kier molecular flexibility index (Phi) is 6.77. The van der Waals surface area contributed by atoms with Gasteiger partial charge in [-0.05, 0) is 109 Å². The van der Waals surface area contributed by atoms with Gasteiger partial charge in [0.15, 0.2) is 11.5 Å². The van der Waals surface area contributed by atoms with Gasteiger partial charge in [0.1, 0.15) is 23.0 Å². The van der Waals surface area contributed by atoms with Gasteiger partial charge in [-0.1, -0.05) is 0 Å². The zero-order valence-electron chi connectivity index (χ0n) is 20.3. The average molecular weight is 507 g/mol. The summed E-state index contributed by atoms with van der Waals surface area (Å²) < 4.78 is 25.1. The number of ether oxygens (including phenoxy) is 4. The van der Waals surface area contributed by atoms with Crippen LogP contribution < -0.4 is 41.9 Å². The molecule has 0 atom stereocenters. The molecule has 0 saturated heterocycles. The summed E-state index contributed by atoms with van der Waals surface area (Å²) in [5.41, 5.74) is 25.9. The van der Waals surface area contributed by atoms with Crippen molar-refractivity contribution in [1.29, 1.82) is 0 Å². The molecule has 190 valence electrons. The number of nitrogen functional groups attached to an aromatic ring is 4. The van der Waals surface area contributed by atoms with Gasteiger partial charge in [-0.3, -0.25) is 0 Å². The summed E-state index contributed by atoms with van der Waals surface area (Å²) in [5, 5.41) is 0. The number of rotatable bonds is 8. The molecule has 8 N–H and O–H groups in total. The van der Waals surface area contributed by atoms with Crippen LogP contribution in [0.2, 0.25) is 0 Å². The Morgan fingerprint density at radius 1 is 0.289 bits per heavy atom. The van der Waals surface area contributed by atoms with E-state index in [0.29, 0.717) is 57.2 Å². The molecule has 0 aliphatic heterocycles. The molecule has 0 spiro atoms. The van der Waals surface area contributed by atoms with Crippen molar-refractivity contribution in [3.8, 4) is 46.0 Å². The van der Waals surface area contributed by atoms with Crippen LogP contribution in [0, 0.1) is 0 Å². The summed E-state index contributed by atoms with van der Waals surface area (Å²) in [6.45, 7) is 0. The first-order chi connectivity index (χ1) is 18.4. The third kappa shape index (κ3) is 5.83. The first-order valence-corrected chi connectivity index (χ1v) is 11.7. The van der Waals surface area contributed by atoms with E-state index in [4.69, 9.17) is 41.9 Å². The van der Waals surface area contributed by atoms with Crippen LogP contribution in [0.15, 0.2) is 109 Å². The van der Waals surface area contributed by atoms with Crippen LogP contribution in [0.3, 0.4) is 0 Å². The van der Waals surface area contributed by atoms with Crippen LogP contribution in [-0.2, 0) is 0 Å². The van der Waals surface area contributed by atoms with Gasteiger partial charge in [-0.25, -0.2) is 0 Å². The van der Waals surface area contributed by atoms with Crippen LogP contribution in [0.25, 0.3) is 0 Å². The van der Waals surface area contributed by atoms with Gasteiger partial charge in [0, 0.05) is 22.7 Å². The first kappa shape index (κ1) is 24.2. The highest BCUT2D eigenvalue weighted by atomic mass is 16.6. The highest BCUT2D eigenvalue weighted by molar-refractivity contribution is 5.64. The molecule has 0 radical (unpaired) electrons. The summed E-state index contributed by atoms with van der Waals surface area (Å²) >= 11 is 0. The molecule has 38 heavy (non-hydrogen) atoms. The fraction of sp³-hybridized carbons (Fsp3) is 0. The maximum Gasteiger partial charge on any atom is 0.216 e. The summed E-state index contributed by atoms with van der Waals surface area (Å²) in [6.07, 6.45) is 0. The lowest BCUT2D eigenvalue weighted by atomic mass is 10.2. The molecule has 0 saturated carbocycles. The van der Waals surface area contributed by atoms with Gasteiger partial charge in [-0.15, -0.1) is 0 Å². The fourth-order valence-corrected chi connectivity index (χ4v) is 3.51. The quantitative estimate of drug-likeness (QED) is 0.162. The molecule has 5 aromatic carbocycles. The molecule has 0 amide bonds. The number of hydrogen-bond acceptors (Lipinski definition) is 8. The molecule has 5 rings (SSSR count). The van der Waals surface area contributed by atoms with Crippen molar-refractivity contribution in [3.63, 3.8) is 0 Å². The second kappa shape index (κ2) is 10.6. The van der Waals surface area contributed by atoms with Crippen molar-refractivity contribution in [2.45, 2.75) is 0 Å². The molecule has 0 bridgehead atoms. The highest BCUT2D eigenvalue weighted by Crippen LogP contribution is 2.50. The largest absolute Gasteiger partial charge is 0.453 e. The molecule has 0 fully saturated rings. The molecule has 8 nitrogen and oxygen atoms in total. The smallest absolute Gasteiger partial charge is 0.216 e. The van der Waals surface area contributed by atoms with E-state index in [2.05, 4.69) is 0 Å². The van der Waals surface area contributed by atoms with Gasteiger partial charge in [0.05, 0.1) is 0 Å². The number of benzene rings is 5. The topological polar surface area (TPSA) is 141 Å². The van der Waals surface area contributed by atoms with E-state index in [1.165, 1.54) is 0 Å². The van der Waals surface area contributed by atoms with Crippen LogP contribution >= 0.6 is 0 Å². The van der Waals surface area contributed by atoms with E-state index >= 15 is 0 Å². The van der Waals surface area contributed by atoms with E-state index in [1.54, 1.807) is 109 Å². The van der Waals surface area contributed by atoms with E-state index in [0.717, 1.165) is 0 Å². The van der Waals surface area contributed by atoms with E-state index in [9.17, 15) is 0 Å². The molecule has 0 aliphatic rings. The minimum atomic E-state index is 0.288. The Bertz CT molecular complexity index is 1400. The third-order valence-electron chi connectivity index (χ3n) is 5.46. The maximum atomic E-state index is 6.33. The fourth-order valence-electron chi connectivity index (χ4n) is 3.51. The van der Waals surface area contributed by atoms with E-state index in [-0.39, 0.29) is 11.5 Å². The lowest BCUT2D eigenvalue weighted by molar-refractivity contribution is 0.366. The van der Waals surface area contributed by atoms with Gasteiger partial charge in [0.25, 0.3) is 0 Å². The minimum absolute atomic E-state index is 0.288. The molecule has 0 heterocycles. The summed E-state index contributed by atoms with van der Waals surface area (Å²) in [7, 11) is 0. The lowest BCUT2D eigenvalue weighted by Gasteiger charge is -2.20. The van der Waals surface area contributed by atoms with Gasteiger partial charge in [-0.2, -0.15) is 0 Å². The maximum absolute atomic E-state index is 6.33. The normalized spacial score (nSPS) is 10.5. The Hall–Kier alpha value is -5.50. The second-order valence-electron chi connectivity index (χ2n) is 8.40. The molecule has 0 aromatic heterocycles. The standard InChI is InChI=1S/C30H26N4O4/c31-19-1-9-23(10-2-19)35-27-17-18-28(36-24-11-3-20(32)4-12-24)30(38-26-15-7-22(34)8-16-26)29(27)37-25-13-5-21(33)6-14-25/h1-18H,31-34H2. The number of nitrogens with two attached hydrogens (primary N) is 4. The van der Waals surface area contributed by atoms with Crippen molar-refractivity contribution in [2.75, 3.05) is 22.9 Å². The SMILES string of the molecule is Nc1ccc(Oc2ccc(Oc3ccc(N)cc3)c(Oc3ccc(N)cc3)c2Oc2ccc(N)cc2)cc1. The highest BCUT2D eigenvalue weighted by Gasteiger charge is 2.22. The van der Waals surface area contributed by atoms with Crippen LogP contribution in [0.4, 0.5) is 22.7 Å². The third-order valence-corrected chi connectivity index (χ3v) is 5.46. The summed E-state index contributed by atoms with van der Waals surface area (Å²) in [6, 6.07) is 31.5. The van der Waals surface area contributed by atoms with Crippen molar-refractivity contribution < 1.29 is 18.9 Å². The molecule has 0 aliphatic carbocycles. The molecule has 5 aromatic rings. The molecule has 8 heteroatoms. The van der Waals surface area contributed by atoms with Gasteiger partial charge < -0.3 is 41.9 Å². The molecule has 0 unspecified atom stereocenters. The van der Waals surface area contributed by atoms with Crippen molar-refractivity contribution >= 4 is 22.7 Å². The Morgan fingerprint density at radius 3 is 0.789 bits per heavy atom. The molecular weight excluding hydrogens is 480 g/mol. The molecular formula is C30H26N4O4. The van der Waals surface area contributed by atoms with E-state index in [1.807, 2.05) is 0 Å². The summed E-state index contributed by atoms with van der Waals surface area (Å²) in [4.78, 5) is 0. The van der Waals surface area contributed by atoms with Crippen LogP contribution in [0.1, 0.15) is 0 Å². The monoisotopic (exact) mass is 506 g/mol. The second-order valence-corrected chi connectivity index (χ2v) is 8.40. The van der Waals surface area contributed by atoms with Crippen molar-refractivity contribution in [2.24, 2.45) is 0 Å². The minimum Gasteiger partial charge on any atom is -0.453 e. The Balaban J connectivity index is 1.63. The summed E-state index contributed by atoms with van der Waals surface area (Å²) in [5.74, 6) is 3.52. The predicted molar refractivity (Wildman–Crippen MR) is 150 cm³/mol. The average Bonchev–Trinajstić information content (AvgIpc) is 2.92.